The molecule has 0 N–H and O–H groups in total. The number of rotatable bonds is 8. The molecule has 0 aliphatic carbocycles. The Hall–Kier alpha value is -2.27. The van der Waals surface area contributed by atoms with Crippen LogP contribution in [-0.4, -0.2) is 30.9 Å². The number of thiocarbonyl (C=S) groups is 1. The van der Waals surface area contributed by atoms with Crippen LogP contribution in [0.2, 0.25) is 5.02 Å². The number of thioether (sulfide) groups is 1. The van der Waals surface area contributed by atoms with Gasteiger partial charge in [0.15, 0.2) is 15.8 Å². The van der Waals surface area contributed by atoms with Crippen molar-refractivity contribution in [3.8, 4) is 11.5 Å². The monoisotopic (exact) mass is 650 g/mol. The number of halogens is 2. The second-order valence-corrected chi connectivity index (χ2v) is 11.3. The van der Waals surface area contributed by atoms with Crippen LogP contribution in [0.15, 0.2) is 65.6 Å². The minimum Gasteiger partial charge on any atom is -0.490 e. The van der Waals surface area contributed by atoms with Crippen molar-refractivity contribution in [2.24, 2.45) is 0 Å². The number of nitrogens with zero attached hydrogens (tertiary/aromatic N) is 2. The summed E-state index contributed by atoms with van der Waals surface area (Å²) in [5.41, 5.74) is 3.52. The van der Waals surface area contributed by atoms with E-state index in [1.807, 2.05) is 92.7 Å². The highest BCUT2D eigenvalue weighted by Gasteiger charge is 2.33. The molecule has 0 spiro atoms. The Balaban J connectivity index is 1.59. The highest BCUT2D eigenvalue weighted by atomic mass is 127. The standard InChI is InChI=1S/C27H24ClIN2O3S2/c1-4-33-23-14-17(13-22(29)25(23)34-16-18-7-5-6-8-21(18)28)15-24-26(32)31(27(35)36-24)20-11-9-19(10-12-20)30(2)3/h5-15H,4,16H2,1-3H3/b24-15+. The van der Waals surface area contributed by atoms with Gasteiger partial charge < -0.3 is 14.4 Å². The summed E-state index contributed by atoms with van der Waals surface area (Å²) in [7, 11) is 3.95. The van der Waals surface area contributed by atoms with Crippen molar-refractivity contribution in [2.45, 2.75) is 13.5 Å². The molecule has 0 bridgehead atoms. The molecular weight excluding hydrogens is 627 g/mol. The number of benzene rings is 3. The third-order valence-corrected chi connectivity index (χ3v) is 7.85. The van der Waals surface area contributed by atoms with E-state index in [1.165, 1.54) is 11.8 Å². The van der Waals surface area contributed by atoms with Gasteiger partial charge in [0.05, 0.1) is 20.8 Å². The van der Waals surface area contributed by atoms with Crippen molar-refractivity contribution in [3.63, 3.8) is 0 Å². The summed E-state index contributed by atoms with van der Waals surface area (Å²) in [6.45, 7) is 2.72. The minimum absolute atomic E-state index is 0.144. The molecule has 0 saturated carbocycles. The van der Waals surface area contributed by atoms with Gasteiger partial charge in [0.2, 0.25) is 0 Å². The molecule has 36 heavy (non-hydrogen) atoms. The highest BCUT2D eigenvalue weighted by molar-refractivity contribution is 14.1. The second-order valence-electron chi connectivity index (χ2n) is 8.07. The van der Waals surface area contributed by atoms with E-state index < -0.39 is 0 Å². The predicted octanol–water partition coefficient (Wildman–Crippen LogP) is 7.39. The average molecular weight is 651 g/mol. The van der Waals surface area contributed by atoms with Gasteiger partial charge in [-0.3, -0.25) is 9.69 Å². The second kappa shape index (κ2) is 11.9. The molecule has 0 radical (unpaired) electrons. The Morgan fingerprint density at radius 1 is 1.11 bits per heavy atom. The molecule has 1 aliphatic heterocycles. The van der Waals surface area contributed by atoms with Crippen LogP contribution < -0.4 is 19.3 Å². The number of hydrogen-bond acceptors (Lipinski definition) is 6. The summed E-state index contributed by atoms with van der Waals surface area (Å²) in [5.74, 6) is 1.11. The van der Waals surface area contributed by atoms with Gasteiger partial charge >= 0.3 is 0 Å². The molecule has 1 saturated heterocycles. The normalized spacial score (nSPS) is 14.5. The third kappa shape index (κ3) is 5.99. The molecule has 4 rings (SSSR count). The van der Waals surface area contributed by atoms with Gasteiger partial charge in [-0.15, -0.1) is 0 Å². The number of ether oxygens (including phenoxy) is 2. The van der Waals surface area contributed by atoms with Crippen molar-refractivity contribution in [2.75, 3.05) is 30.5 Å². The van der Waals surface area contributed by atoms with Crippen molar-refractivity contribution < 1.29 is 14.3 Å². The predicted molar refractivity (Wildman–Crippen MR) is 163 cm³/mol. The fourth-order valence-electron chi connectivity index (χ4n) is 3.58. The zero-order valence-corrected chi connectivity index (χ0v) is 24.5. The Bertz CT molecular complexity index is 1330. The first kappa shape index (κ1) is 26.8. The van der Waals surface area contributed by atoms with Crippen LogP contribution in [0.3, 0.4) is 0 Å². The lowest BCUT2D eigenvalue weighted by molar-refractivity contribution is -0.113. The molecule has 3 aromatic carbocycles. The SMILES string of the molecule is CCOc1cc(/C=C2/SC(=S)N(c3ccc(N(C)C)cc3)C2=O)cc(I)c1OCc1ccccc1Cl. The van der Waals surface area contributed by atoms with E-state index in [0.29, 0.717) is 39.0 Å². The Kier molecular flexibility index (Phi) is 8.82. The minimum atomic E-state index is -0.144. The first-order valence-corrected chi connectivity index (χ1v) is 13.8. The lowest BCUT2D eigenvalue weighted by atomic mass is 10.1. The van der Waals surface area contributed by atoms with Crippen molar-refractivity contribution in [3.05, 3.63) is 85.3 Å². The van der Waals surface area contributed by atoms with E-state index in [2.05, 4.69) is 22.6 Å². The Morgan fingerprint density at radius 3 is 2.50 bits per heavy atom. The van der Waals surface area contributed by atoms with Gasteiger partial charge in [-0.1, -0.05) is 53.8 Å². The average Bonchev–Trinajstić information content (AvgIpc) is 3.12. The van der Waals surface area contributed by atoms with Crippen molar-refractivity contribution in [1.29, 1.82) is 0 Å². The number of carbonyl (C=O) groups excluding carboxylic acids is 1. The molecule has 1 fully saturated rings. The first-order valence-electron chi connectivity index (χ1n) is 11.2. The Morgan fingerprint density at radius 2 is 1.83 bits per heavy atom. The largest absolute Gasteiger partial charge is 0.490 e. The lowest BCUT2D eigenvalue weighted by Gasteiger charge is -2.17. The van der Waals surface area contributed by atoms with Crippen LogP contribution in [0.1, 0.15) is 18.1 Å². The maximum absolute atomic E-state index is 13.3. The summed E-state index contributed by atoms with van der Waals surface area (Å²) in [5, 5.41) is 0.653. The van der Waals surface area contributed by atoms with Crippen LogP contribution in [-0.2, 0) is 11.4 Å². The smallest absolute Gasteiger partial charge is 0.270 e. The number of hydrogen-bond donors (Lipinski definition) is 0. The first-order chi connectivity index (χ1) is 17.3. The van der Waals surface area contributed by atoms with Crippen molar-refractivity contribution in [1.82, 2.24) is 0 Å². The lowest BCUT2D eigenvalue weighted by Crippen LogP contribution is -2.27. The molecule has 9 heteroatoms. The molecule has 0 atom stereocenters. The van der Waals surface area contributed by atoms with Crippen molar-refractivity contribution >= 4 is 85.9 Å². The number of amides is 1. The van der Waals surface area contributed by atoms with Crippen LogP contribution in [0.5, 0.6) is 11.5 Å². The molecular formula is C27H24ClIN2O3S2. The molecule has 1 aliphatic rings. The number of carbonyl (C=O) groups is 1. The number of anilines is 2. The zero-order valence-electron chi connectivity index (χ0n) is 20.0. The molecule has 1 heterocycles. The van der Waals surface area contributed by atoms with Gasteiger partial charge in [0, 0.05) is 30.4 Å². The molecule has 186 valence electrons. The molecule has 5 nitrogen and oxygen atoms in total. The fraction of sp³-hybridized carbons (Fsp3) is 0.185. The van der Waals surface area contributed by atoms with E-state index in [4.69, 9.17) is 33.3 Å². The van der Waals surface area contributed by atoms with Crippen LogP contribution >= 0.6 is 58.2 Å². The van der Waals surface area contributed by atoms with Crippen LogP contribution in [0.25, 0.3) is 6.08 Å². The van der Waals surface area contributed by atoms with E-state index >= 15 is 0 Å². The van der Waals surface area contributed by atoms with Gasteiger partial charge in [-0.2, -0.15) is 0 Å². The van der Waals surface area contributed by atoms with Gasteiger partial charge in [-0.05, 0) is 83.6 Å². The van der Waals surface area contributed by atoms with Crippen LogP contribution in [0, 0.1) is 3.57 Å². The quantitative estimate of drug-likeness (QED) is 0.144. The van der Waals surface area contributed by atoms with E-state index in [1.54, 1.807) is 4.90 Å². The zero-order chi connectivity index (χ0) is 25.8. The van der Waals surface area contributed by atoms with Gasteiger partial charge in [-0.25, -0.2) is 0 Å². The molecule has 0 aromatic heterocycles. The summed E-state index contributed by atoms with van der Waals surface area (Å²) < 4.78 is 13.4. The van der Waals surface area contributed by atoms with Gasteiger partial charge in [0.1, 0.15) is 6.61 Å². The Labute approximate surface area is 239 Å². The molecule has 1 amide bonds. The maximum atomic E-state index is 13.3. The summed E-state index contributed by atoms with van der Waals surface area (Å²) >= 11 is 15.3. The van der Waals surface area contributed by atoms with Gasteiger partial charge in [0.25, 0.3) is 5.91 Å². The molecule has 0 unspecified atom stereocenters. The molecule has 3 aromatic rings. The van der Waals surface area contributed by atoms with E-state index in [0.717, 1.165) is 26.1 Å². The topological polar surface area (TPSA) is 42.0 Å². The highest BCUT2D eigenvalue weighted by Crippen LogP contribution is 2.39. The van der Waals surface area contributed by atoms with E-state index in [-0.39, 0.29) is 5.91 Å². The van der Waals surface area contributed by atoms with Crippen LogP contribution in [0.4, 0.5) is 11.4 Å². The summed E-state index contributed by atoms with van der Waals surface area (Å²) in [6, 6.07) is 19.2. The fourth-order valence-corrected chi connectivity index (χ4v) is 5.85. The summed E-state index contributed by atoms with van der Waals surface area (Å²) in [6.07, 6.45) is 1.84. The summed E-state index contributed by atoms with van der Waals surface area (Å²) in [4.78, 5) is 17.4. The van der Waals surface area contributed by atoms with E-state index in [9.17, 15) is 4.79 Å². The third-order valence-electron chi connectivity index (χ3n) is 5.38. The maximum Gasteiger partial charge on any atom is 0.270 e.